The first kappa shape index (κ1) is 3.89. The van der Waals surface area contributed by atoms with Crippen molar-refractivity contribution in [2.45, 2.75) is 0 Å². The lowest BCUT2D eigenvalue weighted by Crippen LogP contribution is -1.61. The van der Waals surface area contributed by atoms with Crippen molar-refractivity contribution < 1.29 is 9.13 Å². The van der Waals surface area contributed by atoms with Crippen LogP contribution in [0.3, 0.4) is 0 Å². The maximum absolute atomic E-state index is 10.2. The highest BCUT2D eigenvalue weighted by atomic mass is 19.1. The molecule has 0 atom stereocenters. The molecule has 0 bridgehead atoms. The third-order valence-corrected chi connectivity index (χ3v) is 0.0772. The van der Waals surface area contributed by atoms with E-state index in [4.69, 9.17) is 0 Å². The second-order valence-electron chi connectivity index (χ2n) is 0.281. The molecule has 0 aliphatic carbocycles. The maximum atomic E-state index is 10.2. The number of halogens is 1. The second kappa shape index (κ2) is 2.89. The molecule has 24 valence electrons. The average molecular weight is 62.0 g/mol. The van der Waals surface area contributed by atoms with E-state index in [0.717, 1.165) is 6.86 Å². The van der Waals surface area contributed by atoms with Crippen LogP contribution in [0.4, 0.5) is 4.39 Å². The fourth-order valence-corrected chi connectivity index (χ4v) is 0. The summed E-state index contributed by atoms with van der Waals surface area (Å²) in [7, 11) is 1.19. The van der Waals surface area contributed by atoms with Crippen LogP contribution in [-0.2, 0) is 4.74 Å². The summed E-state index contributed by atoms with van der Waals surface area (Å²) >= 11 is 0. The van der Waals surface area contributed by atoms with Crippen molar-refractivity contribution in [1.82, 2.24) is 0 Å². The van der Waals surface area contributed by atoms with Gasteiger partial charge in [-0.2, -0.15) is 4.39 Å². The van der Waals surface area contributed by atoms with Gasteiger partial charge in [0.1, 0.15) is 0 Å². The molecular weight excluding hydrogens is 59.0 g/mol. The lowest BCUT2D eigenvalue weighted by atomic mass is 11.5. The van der Waals surface area contributed by atoms with Crippen LogP contribution in [0, 0.1) is 6.86 Å². The van der Waals surface area contributed by atoms with E-state index in [1.54, 1.807) is 0 Å². The molecule has 0 spiro atoms. The summed E-state index contributed by atoms with van der Waals surface area (Å²) in [6.07, 6.45) is 0. The van der Waals surface area contributed by atoms with E-state index in [9.17, 15) is 4.39 Å². The van der Waals surface area contributed by atoms with Gasteiger partial charge in [0.05, 0.1) is 0 Å². The Kier molecular flexibility index (Phi) is 2.81. The molecule has 0 aromatic rings. The van der Waals surface area contributed by atoms with Gasteiger partial charge in [0.25, 0.3) is 0 Å². The molecule has 0 saturated heterocycles. The van der Waals surface area contributed by atoms with E-state index < -0.39 is 0 Å². The monoisotopic (exact) mass is 62.0 g/mol. The van der Waals surface area contributed by atoms with E-state index >= 15 is 0 Å². The second-order valence-corrected chi connectivity index (χ2v) is 0.281. The molecule has 0 aromatic heterocycles. The van der Waals surface area contributed by atoms with Crippen molar-refractivity contribution in [3.63, 3.8) is 0 Å². The van der Waals surface area contributed by atoms with Crippen molar-refractivity contribution in [2.75, 3.05) is 7.11 Å². The highest BCUT2D eigenvalue weighted by Gasteiger charge is 1.63. The van der Waals surface area contributed by atoms with Gasteiger partial charge in [-0.3, -0.25) is 0 Å². The number of methoxy groups -OCH3 is 1. The van der Waals surface area contributed by atoms with E-state index in [2.05, 4.69) is 4.74 Å². The summed E-state index contributed by atoms with van der Waals surface area (Å²) < 4.78 is 13.9. The van der Waals surface area contributed by atoms with Gasteiger partial charge in [-0.25, -0.2) is 0 Å². The smallest absolute Gasteiger partial charge is 0.340 e. The van der Waals surface area contributed by atoms with Crippen LogP contribution in [0.1, 0.15) is 0 Å². The molecule has 0 aliphatic rings. The zero-order valence-corrected chi connectivity index (χ0v) is 2.29. The molecule has 0 fully saturated rings. The molecule has 0 saturated carbocycles. The Morgan fingerprint density at radius 2 is 2.25 bits per heavy atom. The predicted molar refractivity (Wildman–Crippen MR) is 11.4 cm³/mol. The summed E-state index contributed by atoms with van der Waals surface area (Å²) in [5.41, 5.74) is 0. The largest absolute Gasteiger partial charge is 0.340 e. The van der Waals surface area contributed by atoms with E-state index in [-0.39, 0.29) is 0 Å². The van der Waals surface area contributed by atoms with E-state index in [0.29, 0.717) is 0 Å². The first-order valence-corrected chi connectivity index (χ1v) is 0.801. The highest BCUT2D eigenvalue weighted by molar-refractivity contribution is 4.04. The SMILES string of the molecule is CO[C]F. The van der Waals surface area contributed by atoms with Crippen LogP contribution in [0.5, 0.6) is 0 Å². The van der Waals surface area contributed by atoms with Gasteiger partial charge in [-0.1, -0.05) is 0 Å². The summed E-state index contributed by atoms with van der Waals surface area (Å²) in [5.74, 6) is 0. The van der Waals surface area contributed by atoms with Gasteiger partial charge in [0.15, 0.2) is 0 Å². The zero-order chi connectivity index (χ0) is 3.41. The fourth-order valence-electron chi connectivity index (χ4n) is 0. The lowest BCUT2D eigenvalue weighted by Gasteiger charge is -1.67. The van der Waals surface area contributed by atoms with Crippen molar-refractivity contribution in [3.05, 3.63) is 6.86 Å². The normalized spacial score (nSPS) is 7.50. The minimum atomic E-state index is 0.931. The van der Waals surface area contributed by atoms with Gasteiger partial charge in [0.2, 0.25) is 0 Å². The van der Waals surface area contributed by atoms with Crippen LogP contribution >= 0.6 is 0 Å². The van der Waals surface area contributed by atoms with Crippen LogP contribution < -0.4 is 0 Å². The molecule has 0 aliphatic heterocycles. The fraction of sp³-hybridized carbons (Fsp3) is 0.500. The average Bonchev–Trinajstić information content (AvgIpc) is 1.37. The van der Waals surface area contributed by atoms with Crippen LogP contribution in [0.15, 0.2) is 0 Å². The summed E-state index contributed by atoms with van der Waals surface area (Å²) in [4.78, 5) is 0. The first-order chi connectivity index (χ1) is 1.91. The quantitative estimate of drug-likeness (QED) is 0.432. The number of ether oxygens (including phenoxy) is 1. The van der Waals surface area contributed by atoms with Crippen molar-refractivity contribution in [2.24, 2.45) is 0 Å². The third-order valence-electron chi connectivity index (χ3n) is 0.0772. The van der Waals surface area contributed by atoms with Gasteiger partial charge in [0, 0.05) is 7.11 Å². The number of rotatable bonds is 1. The molecule has 0 heterocycles. The molecule has 0 aromatic carbocycles. The molecule has 0 unspecified atom stereocenters. The molecule has 0 N–H and O–H groups in total. The zero-order valence-electron chi connectivity index (χ0n) is 2.29. The Morgan fingerprint density at radius 3 is 2.25 bits per heavy atom. The van der Waals surface area contributed by atoms with E-state index in [1.165, 1.54) is 7.11 Å². The molecule has 2 heteroatoms. The first-order valence-electron chi connectivity index (χ1n) is 0.801. The van der Waals surface area contributed by atoms with Gasteiger partial charge >= 0.3 is 6.86 Å². The Hall–Kier alpha value is -0.110. The van der Waals surface area contributed by atoms with Crippen molar-refractivity contribution in [3.8, 4) is 0 Å². The number of hydrogen-bond acceptors (Lipinski definition) is 1. The van der Waals surface area contributed by atoms with E-state index in [1.807, 2.05) is 0 Å². The summed E-state index contributed by atoms with van der Waals surface area (Å²) in [6.45, 7) is 0.931. The van der Waals surface area contributed by atoms with Gasteiger partial charge in [-0.05, 0) is 0 Å². The Balaban J connectivity index is 1.97. The van der Waals surface area contributed by atoms with Gasteiger partial charge < -0.3 is 4.74 Å². The topological polar surface area (TPSA) is 9.23 Å². The maximum Gasteiger partial charge on any atom is 0.340 e. The van der Waals surface area contributed by atoms with Crippen LogP contribution in [-0.4, -0.2) is 7.11 Å². The van der Waals surface area contributed by atoms with Gasteiger partial charge in [-0.15, -0.1) is 0 Å². The molecule has 0 rings (SSSR count). The Labute approximate surface area is 24.4 Å². The minimum absolute atomic E-state index is 0.931. The third kappa shape index (κ3) is 1.89. The van der Waals surface area contributed by atoms with Crippen molar-refractivity contribution >= 4 is 0 Å². The van der Waals surface area contributed by atoms with Crippen LogP contribution in [0.25, 0.3) is 0 Å². The van der Waals surface area contributed by atoms with Crippen LogP contribution in [0.2, 0.25) is 0 Å². The molecule has 0 amide bonds. The molecule has 4 heavy (non-hydrogen) atoms. The number of hydrogen-bond donors (Lipinski definition) is 0. The molecule has 1 nitrogen and oxygen atoms in total. The minimum Gasteiger partial charge on any atom is -0.340 e. The summed E-state index contributed by atoms with van der Waals surface area (Å²) in [5, 5.41) is 0. The lowest BCUT2D eigenvalue weighted by molar-refractivity contribution is 0.188. The standard InChI is InChI=1S/C2H3FO/c1-4-2-3/h1H3. The highest BCUT2D eigenvalue weighted by Crippen LogP contribution is 1.69. The molecule has 2 radical (unpaired) electrons. The molecular formula is C2H3FO. The summed E-state index contributed by atoms with van der Waals surface area (Å²) in [6, 6.07) is 0. The van der Waals surface area contributed by atoms with Crippen molar-refractivity contribution in [1.29, 1.82) is 0 Å². The Bertz CT molecular complexity index is 8.00. The Morgan fingerprint density at radius 1 is 2.00 bits per heavy atom. The predicted octanol–water partition coefficient (Wildman–Crippen LogP) is 0.599.